The summed E-state index contributed by atoms with van der Waals surface area (Å²) in [6.07, 6.45) is 0.672. The molecule has 0 radical (unpaired) electrons. The van der Waals surface area contributed by atoms with Gasteiger partial charge in [0.2, 0.25) is 0 Å². The van der Waals surface area contributed by atoms with Crippen molar-refractivity contribution in [1.29, 1.82) is 0 Å². The standard InChI is InChI=1S/C31H33FN4O3S/c1-31(2,3)39-30(38)36-16-15-20(19-36)18-35(4)29-34-26-14-13-25(17-27(26)40-29)33-28(37)23-7-5-21(6-8-23)22-9-11-24(32)12-10-22/h5-14,17,20H,15-16,18-19H2,1-4H3,(H,33,37). The molecule has 3 aromatic carbocycles. The van der Waals surface area contributed by atoms with Crippen molar-refractivity contribution in [2.45, 2.75) is 32.8 Å². The maximum Gasteiger partial charge on any atom is 0.410 e. The average Bonchev–Trinajstić information content (AvgIpc) is 3.55. The Kier molecular flexibility index (Phi) is 7.76. The van der Waals surface area contributed by atoms with Crippen molar-refractivity contribution in [3.63, 3.8) is 0 Å². The molecule has 1 N–H and O–H groups in total. The third-order valence-electron chi connectivity index (χ3n) is 6.76. The van der Waals surface area contributed by atoms with Crippen LogP contribution in [-0.2, 0) is 4.74 Å². The van der Waals surface area contributed by atoms with Crippen molar-refractivity contribution in [2.75, 3.05) is 36.9 Å². The van der Waals surface area contributed by atoms with E-state index >= 15 is 0 Å². The van der Waals surface area contributed by atoms with Crippen LogP contribution in [-0.4, -0.2) is 54.2 Å². The van der Waals surface area contributed by atoms with Crippen LogP contribution in [0.2, 0.25) is 0 Å². The molecule has 2 heterocycles. The minimum Gasteiger partial charge on any atom is -0.444 e. The van der Waals surface area contributed by atoms with Gasteiger partial charge in [-0.15, -0.1) is 0 Å². The number of halogens is 1. The van der Waals surface area contributed by atoms with E-state index in [2.05, 4.69) is 10.2 Å². The largest absolute Gasteiger partial charge is 0.444 e. The zero-order valence-corrected chi connectivity index (χ0v) is 23.9. The maximum absolute atomic E-state index is 13.2. The van der Waals surface area contributed by atoms with E-state index in [1.165, 1.54) is 12.1 Å². The Morgan fingerprint density at radius 1 is 1.07 bits per heavy atom. The molecule has 1 unspecified atom stereocenters. The number of anilines is 2. The Morgan fingerprint density at radius 3 is 2.42 bits per heavy atom. The lowest BCUT2D eigenvalue weighted by atomic mass is 10.0. The van der Waals surface area contributed by atoms with Gasteiger partial charge in [0, 0.05) is 37.9 Å². The van der Waals surface area contributed by atoms with E-state index in [1.54, 1.807) is 40.5 Å². The number of hydrogen-bond acceptors (Lipinski definition) is 6. The molecule has 1 fully saturated rings. The third kappa shape index (κ3) is 6.59. The first kappa shape index (κ1) is 27.6. The number of fused-ring (bicyclic) bond motifs is 1. The molecule has 208 valence electrons. The first-order chi connectivity index (χ1) is 19.0. The molecule has 5 rings (SSSR count). The highest BCUT2D eigenvalue weighted by atomic mass is 32.1. The highest BCUT2D eigenvalue weighted by Gasteiger charge is 2.30. The summed E-state index contributed by atoms with van der Waals surface area (Å²) in [7, 11) is 2.02. The third-order valence-corrected chi connectivity index (χ3v) is 7.89. The predicted molar refractivity (Wildman–Crippen MR) is 159 cm³/mol. The molecule has 0 bridgehead atoms. The van der Waals surface area contributed by atoms with Gasteiger partial charge in [0.1, 0.15) is 11.4 Å². The molecular formula is C31H33FN4O3S. The number of thiazole rings is 1. The van der Waals surface area contributed by atoms with Crippen LogP contribution in [0.4, 0.5) is 20.0 Å². The molecular weight excluding hydrogens is 527 g/mol. The van der Waals surface area contributed by atoms with Crippen LogP contribution in [0.15, 0.2) is 66.7 Å². The summed E-state index contributed by atoms with van der Waals surface area (Å²) in [5.41, 5.74) is 3.40. The molecule has 40 heavy (non-hydrogen) atoms. The summed E-state index contributed by atoms with van der Waals surface area (Å²) in [5.74, 6) is -0.145. The van der Waals surface area contributed by atoms with Gasteiger partial charge in [-0.3, -0.25) is 4.79 Å². The van der Waals surface area contributed by atoms with Crippen LogP contribution >= 0.6 is 11.3 Å². The monoisotopic (exact) mass is 560 g/mol. The summed E-state index contributed by atoms with van der Waals surface area (Å²) in [6, 6.07) is 19.2. The number of benzene rings is 3. The van der Waals surface area contributed by atoms with Crippen LogP contribution in [0, 0.1) is 11.7 Å². The Bertz CT molecular complexity index is 1510. The van der Waals surface area contributed by atoms with Crippen LogP contribution in [0.25, 0.3) is 21.3 Å². The van der Waals surface area contributed by atoms with Gasteiger partial charge in [-0.05, 0) is 86.7 Å². The summed E-state index contributed by atoms with van der Waals surface area (Å²) >= 11 is 1.57. The molecule has 1 aliphatic rings. The minimum atomic E-state index is -0.499. The smallest absolute Gasteiger partial charge is 0.410 e. The van der Waals surface area contributed by atoms with Crippen molar-refractivity contribution >= 4 is 44.4 Å². The molecule has 1 aromatic heterocycles. The number of ether oxygens (including phenoxy) is 1. The number of nitrogens with one attached hydrogen (secondary N) is 1. The number of carbonyl (C=O) groups is 2. The summed E-state index contributed by atoms with van der Waals surface area (Å²) in [6.45, 7) is 7.80. The van der Waals surface area contributed by atoms with E-state index in [-0.39, 0.29) is 17.8 Å². The zero-order chi connectivity index (χ0) is 28.4. The normalized spacial score (nSPS) is 15.3. The highest BCUT2D eigenvalue weighted by molar-refractivity contribution is 7.22. The SMILES string of the molecule is CN(CC1CCN(C(=O)OC(C)(C)C)C1)c1nc2ccc(NC(=O)c3ccc(-c4ccc(F)cc4)cc3)cc2s1. The number of carbonyl (C=O) groups excluding carboxylic acids is 2. The Labute approximate surface area is 237 Å². The zero-order valence-electron chi connectivity index (χ0n) is 23.1. The molecule has 0 saturated carbocycles. The number of likely N-dealkylation sites (tertiary alicyclic amines) is 1. The van der Waals surface area contributed by atoms with E-state index in [1.807, 2.05) is 58.2 Å². The number of nitrogens with zero attached hydrogens (tertiary/aromatic N) is 3. The minimum absolute atomic E-state index is 0.206. The molecule has 4 aromatic rings. The lowest BCUT2D eigenvalue weighted by Crippen LogP contribution is -2.36. The van der Waals surface area contributed by atoms with Gasteiger partial charge in [-0.25, -0.2) is 14.2 Å². The first-order valence-electron chi connectivity index (χ1n) is 13.3. The molecule has 9 heteroatoms. The second-order valence-electron chi connectivity index (χ2n) is 11.2. The van der Waals surface area contributed by atoms with E-state index in [0.29, 0.717) is 30.3 Å². The summed E-state index contributed by atoms with van der Waals surface area (Å²) < 4.78 is 19.7. The first-order valence-corrected chi connectivity index (χ1v) is 14.1. The second-order valence-corrected chi connectivity index (χ2v) is 12.2. The Hall–Kier alpha value is -3.98. The number of amides is 2. The van der Waals surface area contributed by atoms with E-state index in [9.17, 15) is 14.0 Å². The number of rotatable bonds is 6. The highest BCUT2D eigenvalue weighted by Crippen LogP contribution is 2.32. The number of aromatic nitrogens is 1. The van der Waals surface area contributed by atoms with E-state index in [0.717, 1.165) is 39.4 Å². The van der Waals surface area contributed by atoms with Crippen molar-refractivity contribution < 1.29 is 18.7 Å². The van der Waals surface area contributed by atoms with Gasteiger partial charge >= 0.3 is 6.09 Å². The maximum atomic E-state index is 13.2. The van der Waals surface area contributed by atoms with Gasteiger partial charge in [0.25, 0.3) is 5.91 Å². The molecule has 1 aliphatic heterocycles. The van der Waals surface area contributed by atoms with Crippen LogP contribution in [0.3, 0.4) is 0 Å². The summed E-state index contributed by atoms with van der Waals surface area (Å²) in [4.78, 5) is 34.0. The van der Waals surface area contributed by atoms with Gasteiger partial charge < -0.3 is 19.9 Å². The van der Waals surface area contributed by atoms with Crippen LogP contribution in [0.1, 0.15) is 37.6 Å². The van der Waals surface area contributed by atoms with Gasteiger partial charge in [-0.1, -0.05) is 35.6 Å². The van der Waals surface area contributed by atoms with Crippen molar-refractivity contribution in [3.05, 3.63) is 78.1 Å². The topological polar surface area (TPSA) is 74.8 Å². The fraction of sp³-hybridized carbons (Fsp3) is 0.323. The van der Waals surface area contributed by atoms with Gasteiger partial charge in [-0.2, -0.15) is 0 Å². The fourth-order valence-electron chi connectivity index (χ4n) is 4.75. The Balaban J connectivity index is 1.19. The van der Waals surface area contributed by atoms with Crippen molar-refractivity contribution in [2.24, 2.45) is 5.92 Å². The fourth-order valence-corrected chi connectivity index (χ4v) is 5.73. The quantitative estimate of drug-likeness (QED) is 0.274. The van der Waals surface area contributed by atoms with Crippen LogP contribution < -0.4 is 10.2 Å². The number of hydrogen-bond donors (Lipinski definition) is 1. The average molecular weight is 561 g/mol. The molecule has 0 spiro atoms. The van der Waals surface area contributed by atoms with E-state index in [4.69, 9.17) is 9.72 Å². The molecule has 1 atom stereocenters. The lowest BCUT2D eigenvalue weighted by Gasteiger charge is -2.25. The van der Waals surface area contributed by atoms with Gasteiger partial charge in [0.05, 0.1) is 10.2 Å². The van der Waals surface area contributed by atoms with Crippen molar-refractivity contribution in [1.82, 2.24) is 9.88 Å². The van der Waals surface area contributed by atoms with Crippen molar-refractivity contribution in [3.8, 4) is 11.1 Å². The Morgan fingerprint density at radius 2 is 1.75 bits per heavy atom. The lowest BCUT2D eigenvalue weighted by molar-refractivity contribution is 0.0288. The van der Waals surface area contributed by atoms with Crippen LogP contribution in [0.5, 0.6) is 0 Å². The molecule has 7 nitrogen and oxygen atoms in total. The predicted octanol–water partition coefficient (Wildman–Crippen LogP) is 7.05. The molecule has 2 amide bonds. The van der Waals surface area contributed by atoms with E-state index < -0.39 is 5.60 Å². The van der Waals surface area contributed by atoms with Gasteiger partial charge in [0.15, 0.2) is 5.13 Å². The summed E-state index contributed by atoms with van der Waals surface area (Å²) in [5, 5.41) is 3.87. The molecule has 1 saturated heterocycles. The molecule has 0 aliphatic carbocycles. The second kappa shape index (κ2) is 11.3.